The first-order chi connectivity index (χ1) is 16.5. The normalized spacial score (nSPS) is 16.4. The first-order valence-corrected chi connectivity index (χ1v) is 13.8. The number of rotatable bonds is 5. The Balaban J connectivity index is 1.49. The lowest BCUT2D eigenvalue weighted by molar-refractivity contribution is 0.0526. The number of amides is 1. The van der Waals surface area contributed by atoms with Gasteiger partial charge in [-0.3, -0.25) is 14.2 Å². The summed E-state index contributed by atoms with van der Waals surface area (Å²) in [5.41, 5.74) is 2.09. The summed E-state index contributed by atoms with van der Waals surface area (Å²) in [6.45, 7) is 3.88. The highest BCUT2D eigenvalue weighted by Crippen LogP contribution is 2.39. The SMILES string of the molecule is CCOC(=O)c1c(NC(=O)c2sc3ncn(C4CCCCC4)c(=O)c3c2C)sc2c1CCCC2. The number of nitrogens with zero attached hydrogens (tertiary/aromatic N) is 2. The minimum absolute atomic E-state index is 0.0662. The molecule has 3 aromatic heterocycles. The second-order valence-electron chi connectivity index (χ2n) is 9.07. The van der Waals surface area contributed by atoms with Crippen LogP contribution in [0.15, 0.2) is 11.1 Å². The number of thiophene rings is 2. The van der Waals surface area contributed by atoms with Gasteiger partial charge in [-0.2, -0.15) is 0 Å². The molecular weight excluding hydrogens is 470 g/mol. The maximum Gasteiger partial charge on any atom is 0.341 e. The molecule has 1 fully saturated rings. The molecule has 1 N–H and O–H groups in total. The average molecular weight is 500 g/mol. The van der Waals surface area contributed by atoms with Crippen molar-refractivity contribution >= 4 is 49.8 Å². The summed E-state index contributed by atoms with van der Waals surface area (Å²) in [4.78, 5) is 46.2. The fraction of sp³-hybridized carbons (Fsp3) is 0.520. The zero-order valence-corrected chi connectivity index (χ0v) is 21.2. The van der Waals surface area contributed by atoms with E-state index in [2.05, 4.69) is 10.3 Å². The van der Waals surface area contributed by atoms with Crippen LogP contribution in [0.1, 0.15) is 93.9 Å². The molecular formula is C25H29N3O4S2. The van der Waals surface area contributed by atoms with Gasteiger partial charge in [0, 0.05) is 10.9 Å². The third-order valence-corrected chi connectivity index (χ3v) is 9.33. The zero-order chi connectivity index (χ0) is 23.8. The quantitative estimate of drug-likeness (QED) is 0.459. The van der Waals surface area contributed by atoms with E-state index >= 15 is 0 Å². The van der Waals surface area contributed by atoms with Crippen molar-refractivity contribution in [2.45, 2.75) is 77.7 Å². The van der Waals surface area contributed by atoms with Crippen molar-refractivity contribution in [3.63, 3.8) is 0 Å². The van der Waals surface area contributed by atoms with E-state index in [1.165, 1.54) is 29.1 Å². The molecule has 0 unspecified atom stereocenters. The third kappa shape index (κ3) is 4.09. The fourth-order valence-electron chi connectivity index (χ4n) is 5.21. The van der Waals surface area contributed by atoms with Crippen molar-refractivity contribution in [2.24, 2.45) is 0 Å². The molecule has 2 aliphatic carbocycles. The standard InChI is InChI=1S/C25H29N3O4S2/c1-3-32-25(31)19-16-11-7-8-12-17(16)33-23(19)27-21(29)20-14(2)18-22(34-20)26-13-28(24(18)30)15-9-5-4-6-10-15/h13,15H,3-12H2,1-2H3,(H,27,29). The van der Waals surface area contributed by atoms with Crippen molar-refractivity contribution in [3.8, 4) is 0 Å². The molecule has 0 spiro atoms. The highest BCUT2D eigenvalue weighted by Gasteiger charge is 2.29. The van der Waals surface area contributed by atoms with Crippen LogP contribution in [0.3, 0.4) is 0 Å². The van der Waals surface area contributed by atoms with Crippen molar-refractivity contribution in [1.82, 2.24) is 9.55 Å². The molecule has 5 rings (SSSR count). The van der Waals surface area contributed by atoms with Crippen LogP contribution in [0.5, 0.6) is 0 Å². The van der Waals surface area contributed by atoms with Gasteiger partial charge < -0.3 is 10.1 Å². The first-order valence-electron chi connectivity index (χ1n) is 12.1. The van der Waals surface area contributed by atoms with Crippen LogP contribution >= 0.6 is 22.7 Å². The number of nitrogens with one attached hydrogen (secondary N) is 1. The Kier molecular flexibility index (Phi) is 6.57. The van der Waals surface area contributed by atoms with Crippen LogP contribution in [-0.4, -0.2) is 28.0 Å². The molecule has 0 aromatic carbocycles. The second kappa shape index (κ2) is 9.62. The summed E-state index contributed by atoms with van der Waals surface area (Å²) in [5.74, 6) is -0.699. The predicted octanol–water partition coefficient (Wildman–Crippen LogP) is 5.64. The van der Waals surface area contributed by atoms with E-state index in [-0.39, 0.29) is 30.1 Å². The molecule has 0 atom stereocenters. The van der Waals surface area contributed by atoms with Crippen molar-refractivity contribution < 1.29 is 14.3 Å². The number of hydrogen-bond acceptors (Lipinski definition) is 7. The lowest BCUT2D eigenvalue weighted by Crippen LogP contribution is -2.26. The molecule has 1 amide bonds. The van der Waals surface area contributed by atoms with Crippen molar-refractivity contribution in [2.75, 3.05) is 11.9 Å². The van der Waals surface area contributed by atoms with Crippen molar-refractivity contribution in [1.29, 1.82) is 0 Å². The van der Waals surface area contributed by atoms with Gasteiger partial charge in [0.1, 0.15) is 9.83 Å². The van der Waals surface area contributed by atoms with Crippen LogP contribution in [0, 0.1) is 6.92 Å². The van der Waals surface area contributed by atoms with Gasteiger partial charge in [-0.25, -0.2) is 9.78 Å². The molecule has 7 nitrogen and oxygen atoms in total. The molecule has 1 saturated carbocycles. The van der Waals surface area contributed by atoms with E-state index in [4.69, 9.17) is 4.74 Å². The van der Waals surface area contributed by atoms with Gasteiger partial charge in [0.05, 0.1) is 28.8 Å². The highest BCUT2D eigenvalue weighted by atomic mass is 32.1. The number of carbonyl (C=O) groups excluding carboxylic acids is 2. The summed E-state index contributed by atoms with van der Waals surface area (Å²) < 4.78 is 7.06. The van der Waals surface area contributed by atoms with Crippen molar-refractivity contribution in [3.05, 3.63) is 43.1 Å². The maximum atomic E-state index is 13.4. The van der Waals surface area contributed by atoms with E-state index in [9.17, 15) is 14.4 Å². The van der Waals surface area contributed by atoms with E-state index in [1.807, 2.05) is 6.92 Å². The van der Waals surface area contributed by atoms with Gasteiger partial charge in [-0.05, 0) is 63.5 Å². The number of aryl methyl sites for hydroxylation is 2. The van der Waals surface area contributed by atoms with E-state index in [0.29, 0.717) is 31.2 Å². The zero-order valence-electron chi connectivity index (χ0n) is 19.6. The Bertz CT molecular complexity index is 1310. The first kappa shape index (κ1) is 23.2. The van der Waals surface area contributed by atoms with Gasteiger partial charge in [0.2, 0.25) is 0 Å². The molecule has 180 valence electrons. The topological polar surface area (TPSA) is 90.3 Å². The Hall–Kier alpha value is -2.52. The summed E-state index contributed by atoms with van der Waals surface area (Å²) in [6, 6.07) is 0.180. The van der Waals surface area contributed by atoms with Crippen LogP contribution in [-0.2, 0) is 17.6 Å². The molecule has 0 bridgehead atoms. The number of hydrogen-bond donors (Lipinski definition) is 1. The summed E-state index contributed by atoms with van der Waals surface area (Å²) in [6.07, 6.45) is 10.9. The molecule has 3 aromatic rings. The number of anilines is 1. The second-order valence-corrected chi connectivity index (χ2v) is 11.2. The summed E-state index contributed by atoms with van der Waals surface area (Å²) in [5, 5.41) is 4.04. The molecule has 0 radical (unpaired) electrons. The van der Waals surface area contributed by atoms with E-state index in [0.717, 1.165) is 61.8 Å². The Morgan fingerprint density at radius 3 is 2.68 bits per heavy atom. The maximum absolute atomic E-state index is 13.4. The Morgan fingerprint density at radius 1 is 1.15 bits per heavy atom. The molecule has 0 saturated heterocycles. The van der Waals surface area contributed by atoms with Crippen LogP contribution < -0.4 is 10.9 Å². The highest BCUT2D eigenvalue weighted by molar-refractivity contribution is 7.21. The smallest absolute Gasteiger partial charge is 0.341 e. The third-order valence-electron chi connectivity index (χ3n) is 6.93. The van der Waals surface area contributed by atoms with Gasteiger partial charge in [-0.15, -0.1) is 22.7 Å². The largest absolute Gasteiger partial charge is 0.462 e. The number of ether oxygens (including phenoxy) is 1. The summed E-state index contributed by atoms with van der Waals surface area (Å²) >= 11 is 2.70. The van der Waals surface area contributed by atoms with E-state index < -0.39 is 0 Å². The Labute approximate surface area is 206 Å². The monoisotopic (exact) mass is 499 g/mol. The van der Waals surface area contributed by atoms with Gasteiger partial charge >= 0.3 is 5.97 Å². The van der Waals surface area contributed by atoms with E-state index in [1.54, 1.807) is 17.8 Å². The molecule has 3 heterocycles. The van der Waals surface area contributed by atoms with Gasteiger partial charge in [0.15, 0.2) is 0 Å². The number of carbonyl (C=O) groups is 2. The summed E-state index contributed by atoms with van der Waals surface area (Å²) in [7, 11) is 0. The van der Waals surface area contributed by atoms with Gasteiger partial charge in [-0.1, -0.05) is 19.3 Å². The lowest BCUT2D eigenvalue weighted by atomic mass is 9.95. The predicted molar refractivity (Wildman–Crippen MR) is 136 cm³/mol. The molecule has 2 aliphatic rings. The van der Waals surface area contributed by atoms with Crippen LogP contribution in [0.4, 0.5) is 5.00 Å². The number of fused-ring (bicyclic) bond motifs is 2. The number of esters is 1. The average Bonchev–Trinajstić information content (AvgIpc) is 3.37. The lowest BCUT2D eigenvalue weighted by Gasteiger charge is -2.23. The van der Waals surface area contributed by atoms with Crippen LogP contribution in [0.2, 0.25) is 0 Å². The number of aromatic nitrogens is 2. The minimum atomic E-state index is -0.387. The molecule has 0 aliphatic heterocycles. The van der Waals surface area contributed by atoms with Crippen LogP contribution in [0.25, 0.3) is 10.2 Å². The molecule has 34 heavy (non-hydrogen) atoms. The fourth-order valence-corrected chi connectivity index (χ4v) is 7.51. The molecule has 9 heteroatoms. The van der Waals surface area contributed by atoms with Gasteiger partial charge in [0.25, 0.3) is 11.5 Å². The minimum Gasteiger partial charge on any atom is -0.462 e. The Morgan fingerprint density at radius 2 is 1.91 bits per heavy atom.